The van der Waals surface area contributed by atoms with Crippen LogP contribution in [0.25, 0.3) is 6.08 Å². The molecule has 0 atom stereocenters. The van der Waals surface area contributed by atoms with E-state index in [4.69, 9.17) is 0 Å². The fourth-order valence-electron chi connectivity index (χ4n) is 3.65. The van der Waals surface area contributed by atoms with Gasteiger partial charge in [0.25, 0.3) is 0 Å². The Hall–Kier alpha value is -3.12. The fourth-order valence-corrected chi connectivity index (χ4v) is 3.65. The smallest absolute Gasteiger partial charge is 0.221 e. The molecule has 0 aromatic heterocycles. The van der Waals surface area contributed by atoms with Gasteiger partial charge in [-0.2, -0.15) is 0 Å². The normalized spacial score (nSPS) is 15.3. The van der Waals surface area contributed by atoms with Crippen LogP contribution in [0.4, 0.5) is 5.69 Å². The van der Waals surface area contributed by atoms with Crippen molar-refractivity contribution in [3.05, 3.63) is 71.8 Å². The van der Waals surface area contributed by atoms with Crippen LogP contribution in [-0.2, 0) is 11.2 Å². The molecule has 6 heteroatoms. The van der Waals surface area contributed by atoms with E-state index >= 15 is 0 Å². The predicted molar refractivity (Wildman–Crippen MR) is 129 cm³/mol. The molecule has 0 unspecified atom stereocenters. The van der Waals surface area contributed by atoms with Crippen LogP contribution in [0.2, 0.25) is 0 Å². The predicted octanol–water partition coefficient (Wildman–Crippen LogP) is 3.09. The molecule has 6 nitrogen and oxygen atoms in total. The number of nitrogens with zero attached hydrogens (tertiary/aromatic N) is 3. The van der Waals surface area contributed by atoms with Crippen molar-refractivity contribution in [1.29, 1.82) is 0 Å². The number of rotatable bonds is 7. The third-order valence-corrected chi connectivity index (χ3v) is 5.33. The average molecular weight is 420 g/mol. The molecule has 2 aromatic rings. The molecule has 3 rings (SSSR count). The lowest BCUT2D eigenvalue weighted by Crippen LogP contribution is -2.52. The van der Waals surface area contributed by atoms with Crippen LogP contribution in [0, 0.1) is 0 Å². The first-order valence-electron chi connectivity index (χ1n) is 10.9. The summed E-state index contributed by atoms with van der Waals surface area (Å²) in [6.07, 6.45) is 5.34. The molecule has 0 aliphatic carbocycles. The van der Waals surface area contributed by atoms with Gasteiger partial charge in [-0.25, -0.2) is 0 Å². The second-order valence-electron chi connectivity index (χ2n) is 7.70. The molecule has 1 fully saturated rings. The van der Waals surface area contributed by atoms with Crippen molar-refractivity contribution in [3.8, 4) is 0 Å². The van der Waals surface area contributed by atoms with Gasteiger partial charge in [0.15, 0.2) is 5.96 Å². The minimum absolute atomic E-state index is 0.0504. The Bertz CT molecular complexity index is 869. The maximum atomic E-state index is 11.1. The number of nitrogens with one attached hydrogen (secondary N) is 2. The molecule has 0 radical (unpaired) electrons. The number of benzene rings is 2. The highest BCUT2D eigenvalue weighted by atomic mass is 16.1. The quantitative estimate of drug-likeness (QED) is 0.535. The maximum Gasteiger partial charge on any atom is 0.221 e. The highest BCUT2D eigenvalue weighted by Crippen LogP contribution is 2.10. The van der Waals surface area contributed by atoms with E-state index in [0.29, 0.717) is 0 Å². The van der Waals surface area contributed by atoms with Gasteiger partial charge in [-0.3, -0.25) is 14.7 Å². The van der Waals surface area contributed by atoms with E-state index < -0.39 is 0 Å². The molecule has 0 bridgehead atoms. The van der Waals surface area contributed by atoms with Crippen LogP contribution in [0.15, 0.2) is 65.7 Å². The SMILES string of the molecule is CN=C(NCCc1ccc(NC(C)=O)cc1)N1CCN(C/C=C/c2ccccc2)CC1. The van der Waals surface area contributed by atoms with Crippen LogP contribution >= 0.6 is 0 Å². The number of amides is 1. The number of aliphatic imine (C=N–C) groups is 1. The summed E-state index contributed by atoms with van der Waals surface area (Å²) < 4.78 is 0. The summed E-state index contributed by atoms with van der Waals surface area (Å²) in [5.41, 5.74) is 3.30. The second kappa shape index (κ2) is 11.9. The molecule has 1 heterocycles. The van der Waals surface area contributed by atoms with Crippen LogP contribution in [0.5, 0.6) is 0 Å². The first kappa shape index (κ1) is 22.6. The molecule has 2 N–H and O–H groups in total. The first-order chi connectivity index (χ1) is 15.1. The zero-order valence-electron chi connectivity index (χ0n) is 18.6. The molecule has 0 saturated carbocycles. The van der Waals surface area contributed by atoms with Gasteiger partial charge in [0.2, 0.25) is 5.91 Å². The average Bonchev–Trinajstić information content (AvgIpc) is 2.79. The Kier molecular flexibility index (Phi) is 8.67. The number of carbonyl (C=O) groups is 1. The van der Waals surface area contributed by atoms with Crippen LogP contribution in [0.3, 0.4) is 0 Å². The van der Waals surface area contributed by atoms with Gasteiger partial charge in [0, 0.05) is 58.9 Å². The fraction of sp³-hybridized carbons (Fsp3) is 0.360. The Morgan fingerprint density at radius 2 is 1.74 bits per heavy atom. The van der Waals surface area contributed by atoms with Crippen molar-refractivity contribution in [3.63, 3.8) is 0 Å². The zero-order valence-corrected chi connectivity index (χ0v) is 18.6. The summed E-state index contributed by atoms with van der Waals surface area (Å²) in [7, 11) is 1.85. The number of piperazine rings is 1. The Labute approximate surface area is 185 Å². The number of anilines is 1. The van der Waals surface area contributed by atoms with Gasteiger partial charge in [0.1, 0.15) is 0 Å². The second-order valence-corrected chi connectivity index (χ2v) is 7.70. The van der Waals surface area contributed by atoms with Gasteiger partial charge in [0.05, 0.1) is 0 Å². The van der Waals surface area contributed by atoms with E-state index in [1.165, 1.54) is 18.1 Å². The number of hydrogen-bond acceptors (Lipinski definition) is 3. The molecule has 164 valence electrons. The molecular formula is C25H33N5O. The molecule has 0 spiro atoms. The van der Waals surface area contributed by atoms with Crippen molar-refractivity contribution < 1.29 is 4.79 Å². The number of guanidine groups is 1. The van der Waals surface area contributed by atoms with Crippen LogP contribution in [-0.4, -0.2) is 68.0 Å². The molecular weight excluding hydrogens is 386 g/mol. The van der Waals surface area contributed by atoms with Gasteiger partial charge in [-0.15, -0.1) is 0 Å². The van der Waals surface area contributed by atoms with Gasteiger partial charge < -0.3 is 15.5 Å². The van der Waals surface area contributed by atoms with Crippen LogP contribution in [0.1, 0.15) is 18.1 Å². The van der Waals surface area contributed by atoms with Gasteiger partial charge >= 0.3 is 0 Å². The third kappa shape index (κ3) is 7.57. The molecule has 1 saturated heterocycles. The van der Waals surface area contributed by atoms with Gasteiger partial charge in [-0.05, 0) is 29.7 Å². The molecule has 1 aliphatic heterocycles. The Morgan fingerprint density at radius 1 is 1.03 bits per heavy atom. The minimum atomic E-state index is -0.0504. The van der Waals surface area contributed by atoms with Crippen LogP contribution < -0.4 is 10.6 Å². The lowest BCUT2D eigenvalue weighted by Gasteiger charge is -2.36. The van der Waals surface area contributed by atoms with Crippen molar-refractivity contribution in [2.75, 3.05) is 51.6 Å². The summed E-state index contributed by atoms with van der Waals surface area (Å²) in [5.74, 6) is 0.917. The summed E-state index contributed by atoms with van der Waals surface area (Å²) in [4.78, 5) is 20.4. The highest BCUT2D eigenvalue weighted by Gasteiger charge is 2.18. The minimum Gasteiger partial charge on any atom is -0.356 e. The topological polar surface area (TPSA) is 60.0 Å². The van der Waals surface area contributed by atoms with E-state index in [1.54, 1.807) is 0 Å². The van der Waals surface area contributed by atoms with E-state index in [1.807, 2.05) is 25.2 Å². The van der Waals surface area contributed by atoms with Crippen molar-refractivity contribution in [2.24, 2.45) is 4.99 Å². The number of hydrogen-bond donors (Lipinski definition) is 2. The van der Waals surface area contributed by atoms with E-state index in [-0.39, 0.29) is 5.91 Å². The van der Waals surface area contributed by atoms with E-state index in [9.17, 15) is 4.79 Å². The van der Waals surface area contributed by atoms with E-state index in [0.717, 1.165) is 57.3 Å². The highest BCUT2D eigenvalue weighted by molar-refractivity contribution is 5.88. The molecule has 1 amide bonds. The lowest BCUT2D eigenvalue weighted by molar-refractivity contribution is -0.114. The maximum absolute atomic E-state index is 11.1. The zero-order chi connectivity index (χ0) is 21.9. The molecule has 1 aliphatic rings. The summed E-state index contributed by atoms with van der Waals surface area (Å²) in [5, 5.41) is 6.28. The van der Waals surface area contributed by atoms with Crippen molar-refractivity contribution in [2.45, 2.75) is 13.3 Å². The van der Waals surface area contributed by atoms with Crippen molar-refractivity contribution >= 4 is 23.6 Å². The number of carbonyl (C=O) groups excluding carboxylic acids is 1. The summed E-state index contributed by atoms with van der Waals surface area (Å²) in [6, 6.07) is 18.4. The van der Waals surface area contributed by atoms with Crippen molar-refractivity contribution in [1.82, 2.24) is 15.1 Å². The Balaban J connectivity index is 1.38. The monoisotopic (exact) mass is 419 g/mol. The summed E-state index contributed by atoms with van der Waals surface area (Å²) in [6.45, 7) is 7.34. The summed E-state index contributed by atoms with van der Waals surface area (Å²) >= 11 is 0. The molecule has 31 heavy (non-hydrogen) atoms. The van der Waals surface area contributed by atoms with E-state index in [2.05, 4.69) is 74.0 Å². The lowest BCUT2D eigenvalue weighted by atomic mass is 10.1. The van der Waals surface area contributed by atoms with Gasteiger partial charge in [-0.1, -0.05) is 54.6 Å². The standard InChI is InChI=1S/C25H33N5O/c1-21(31)28-24-12-10-23(11-13-24)14-15-27-25(26-2)30-19-17-29(18-20-30)16-6-9-22-7-4-3-5-8-22/h3-13H,14-20H2,1-2H3,(H,26,27)(H,28,31)/b9-6+. The Morgan fingerprint density at radius 3 is 2.39 bits per heavy atom. The molecule has 2 aromatic carbocycles. The largest absolute Gasteiger partial charge is 0.356 e. The third-order valence-electron chi connectivity index (χ3n) is 5.33. The first-order valence-corrected chi connectivity index (χ1v) is 10.9.